The van der Waals surface area contributed by atoms with Crippen LogP contribution in [0.25, 0.3) is 0 Å². The summed E-state index contributed by atoms with van der Waals surface area (Å²) >= 11 is 3.91. The molecule has 0 spiro atoms. The summed E-state index contributed by atoms with van der Waals surface area (Å²) in [5.74, 6) is 6.84. The van der Waals surface area contributed by atoms with Gasteiger partial charge in [0.2, 0.25) is 0 Å². The Balaban J connectivity index is 1.85. The summed E-state index contributed by atoms with van der Waals surface area (Å²) in [6.45, 7) is 0. The zero-order valence-corrected chi connectivity index (χ0v) is 9.26. The summed E-state index contributed by atoms with van der Waals surface area (Å²) < 4.78 is 0. The molecule has 6 fully saturated rings. The lowest BCUT2D eigenvalue weighted by Gasteiger charge is -2.32. The summed E-state index contributed by atoms with van der Waals surface area (Å²) in [6, 6.07) is 0. The van der Waals surface area contributed by atoms with Crippen molar-refractivity contribution >= 4 is 21.6 Å². The van der Waals surface area contributed by atoms with Crippen molar-refractivity contribution in [3.8, 4) is 0 Å². The lowest BCUT2D eigenvalue weighted by molar-refractivity contribution is 0.132. The van der Waals surface area contributed by atoms with E-state index in [0.717, 1.165) is 40.3 Å². The van der Waals surface area contributed by atoms with Gasteiger partial charge in [-0.1, -0.05) is 21.1 Å². The molecule has 6 rings (SSSR count). The predicted octanol–water partition coefficient (Wildman–Crippen LogP) is 1.97. The van der Waals surface area contributed by atoms with Gasteiger partial charge in [0.25, 0.3) is 0 Å². The van der Waals surface area contributed by atoms with Crippen molar-refractivity contribution in [2.75, 3.05) is 0 Å². The summed E-state index contributed by atoms with van der Waals surface area (Å²) in [4.78, 5) is 0.752. The Labute approximate surface area is 90.9 Å². The first-order chi connectivity index (χ1) is 6.84. The highest BCUT2D eigenvalue weighted by Gasteiger charge is 2.82. The molecule has 9 atom stereocenters. The van der Waals surface area contributed by atoms with Crippen molar-refractivity contribution in [2.45, 2.75) is 11.2 Å². The highest BCUT2D eigenvalue weighted by Crippen LogP contribution is 2.82. The van der Waals surface area contributed by atoms with E-state index in [2.05, 4.69) is 21.1 Å². The SMILES string of the molecule is O/N=C1\[C@H]2[C@@H]3C[C@H]4[C@H]2[C@@H]2[C@H](Br)[C@@H]4[C@H]3[C@@H]12. The van der Waals surface area contributed by atoms with Gasteiger partial charge in [-0.15, -0.1) is 0 Å². The summed E-state index contributed by atoms with van der Waals surface area (Å²) in [6.07, 6.45) is 1.44. The second-order valence-corrected chi connectivity index (χ2v) is 6.95. The van der Waals surface area contributed by atoms with Crippen LogP contribution in [0.5, 0.6) is 0 Å². The molecule has 0 aromatic heterocycles. The zero-order valence-electron chi connectivity index (χ0n) is 7.68. The van der Waals surface area contributed by atoms with Crippen molar-refractivity contribution in [2.24, 2.45) is 52.5 Å². The third kappa shape index (κ3) is 0.427. The second-order valence-electron chi connectivity index (χ2n) is 5.89. The minimum Gasteiger partial charge on any atom is -0.411 e. The molecule has 6 saturated carbocycles. The van der Waals surface area contributed by atoms with E-state index >= 15 is 0 Å². The normalized spacial score (nSPS) is 77.8. The first-order valence-electron chi connectivity index (χ1n) is 5.70. The average Bonchev–Trinajstić information content (AvgIpc) is 2.85. The maximum atomic E-state index is 9.14. The predicted molar refractivity (Wildman–Crippen MR) is 54.5 cm³/mol. The molecule has 6 bridgehead atoms. The molecule has 0 aliphatic heterocycles. The number of hydrogen-bond acceptors (Lipinski definition) is 2. The fourth-order valence-electron chi connectivity index (χ4n) is 6.36. The van der Waals surface area contributed by atoms with Gasteiger partial charge in [-0.2, -0.15) is 0 Å². The molecule has 3 heteroatoms. The summed E-state index contributed by atoms with van der Waals surface area (Å²) in [7, 11) is 0. The number of halogens is 1. The van der Waals surface area contributed by atoms with E-state index < -0.39 is 0 Å². The van der Waals surface area contributed by atoms with Gasteiger partial charge in [-0.3, -0.25) is 0 Å². The topological polar surface area (TPSA) is 32.6 Å². The molecule has 0 aromatic carbocycles. The second kappa shape index (κ2) is 1.81. The van der Waals surface area contributed by atoms with E-state index in [1.165, 1.54) is 12.1 Å². The largest absolute Gasteiger partial charge is 0.411 e. The van der Waals surface area contributed by atoms with E-state index in [9.17, 15) is 0 Å². The van der Waals surface area contributed by atoms with Crippen molar-refractivity contribution in [3.05, 3.63) is 0 Å². The first-order valence-corrected chi connectivity index (χ1v) is 6.62. The minimum absolute atomic E-state index is 0.674. The van der Waals surface area contributed by atoms with Crippen LogP contribution >= 0.6 is 15.9 Å². The minimum atomic E-state index is 0.674. The van der Waals surface area contributed by atoms with Crippen LogP contribution in [0.1, 0.15) is 6.42 Å². The van der Waals surface area contributed by atoms with Gasteiger partial charge in [0.15, 0.2) is 0 Å². The quantitative estimate of drug-likeness (QED) is 0.400. The Morgan fingerprint density at radius 1 is 1.07 bits per heavy atom. The van der Waals surface area contributed by atoms with Gasteiger partial charge in [0.1, 0.15) is 0 Å². The molecule has 0 radical (unpaired) electrons. The van der Waals surface area contributed by atoms with Crippen molar-refractivity contribution < 1.29 is 5.21 Å². The van der Waals surface area contributed by atoms with Crippen LogP contribution in [0.15, 0.2) is 5.16 Å². The van der Waals surface area contributed by atoms with Crippen molar-refractivity contribution in [1.29, 1.82) is 0 Å². The third-order valence-electron chi connectivity index (χ3n) is 6.16. The molecule has 14 heavy (non-hydrogen) atoms. The number of alkyl halides is 1. The average molecular weight is 254 g/mol. The van der Waals surface area contributed by atoms with E-state index in [0.29, 0.717) is 11.8 Å². The van der Waals surface area contributed by atoms with Crippen LogP contribution in [0.2, 0.25) is 0 Å². The molecule has 1 N–H and O–H groups in total. The number of rotatable bonds is 0. The van der Waals surface area contributed by atoms with Crippen LogP contribution in [-0.4, -0.2) is 15.7 Å². The van der Waals surface area contributed by atoms with Crippen LogP contribution in [-0.2, 0) is 0 Å². The smallest absolute Gasteiger partial charge is 0.0644 e. The molecule has 0 saturated heterocycles. The van der Waals surface area contributed by atoms with E-state index in [1.54, 1.807) is 0 Å². The molecular formula is C11H12BrNO. The third-order valence-corrected chi connectivity index (χ3v) is 7.38. The van der Waals surface area contributed by atoms with Crippen LogP contribution < -0.4 is 0 Å². The maximum Gasteiger partial charge on any atom is 0.0644 e. The molecule has 0 amide bonds. The Bertz CT molecular complexity index is 379. The lowest BCUT2D eigenvalue weighted by Crippen LogP contribution is -2.30. The Morgan fingerprint density at radius 2 is 1.86 bits per heavy atom. The van der Waals surface area contributed by atoms with E-state index in [1.807, 2.05) is 0 Å². The standard InChI is InChI=1S/C11H12BrNO/c12-10-6-2-1-3-4(6)9-8(10)5(2)7(3)11(9)13-14/h2-10,14H,1H2/b13-11+/t2-,3+,4-,5+,6-,7-,8-,9+,10+/m0/s1. The monoisotopic (exact) mass is 253 g/mol. The van der Waals surface area contributed by atoms with Gasteiger partial charge in [0, 0.05) is 16.7 Å². The molecule has 74 valence electrons. The highest BCUT2D eigenvalue weighted by atomic mass is 79.9. The fraction of sp³-hybridized carbons (Fsp3) is 0.909. The molecule has 0 unspecified atom stereocenters. The Kier molecular flexibility index (Phi) is 0.940. The van der Waals surface area contributed by atoms with Gasteiger partial charge in [-0.05, 0) is 41.9 Å². The first kappa shape index (κ1) is 7.26. The van der Waals surface area contributed by atoms with Crippen LogP contribution in [0, 0.1) is 47.3 Å². The van der Waals surface area contributed by atoms with Crippen LogP contribution in [0.3, 0.4) is 0 Å². The van der Waals surface area contributed by atoms with Gasteiger partial charge >= 0.3 is 0 Å². The Morgan fingerprint density at radius 3 is 2.57 bits per heavy atom. The van der Waals surface area contributed by atoms with E-state index in [-0.39, 0.29) is 0 Å². The van der Waals surface area contributed by atoms with Crippen molar-refractivity contribution in [1.82, 2.24) is 0 Å². The van der Waals surface area contributed by atoms with E-state index in [4.69, 9.17) is 5.21 Å². The van der Waals surface area contributed by atoms with Gasteiger partial charge < -0.3 is 5.21 Å². The molecule has 2 nitrogen and oxygen atoms in total. The van der Waals surface area contributed by atoms with Crippen molar-refractivity contribution in [3.63, 3.8) is 0 Å². The maximum absolute atomic E-state index is 9.14. The molecular weight excluding hydrogens is 242 g/mol. The fourth-order valence-corrected chi connectivity index (χ4v) is 7.79. The lowest BCUT2D eigenvalue weighted by atomic mass is 9.71. The van der Waals surface area contributed by atoms with Gasteiger partial charge in [-0.25, -0.2) is 0 Å². The molecule has 6 aliphatic rings. The molecule has 0 heterocycles. The number of oxime groups is 1. The number of nitrogens with zero attached hydrogens (tertiary/aromatic N) is 1. The number of hydrogen-bond donors (Lipinski definition) is 1. The highest BCUT2D eigenvalue weighted by molar-refractivity contribution is 9.09. The molecule has 0 aromatic rings. The summed E-state index contributed by atoms with van der Waals surface area (Å²) in [5, 5.41) is 12.8. The Hall–Kier alpha value is -0.0500. The molecule has 6 aliphatic carbocycles. The zero-order chi connectivity index (χ0) is 9.19. The summed E-state index contributed by atoms with van der Waals surface area (Å²) in [5.41, 5.74) is 1.20. The van der Waals surface area contributed by atoms with Gasteiger partial charge in [0.05, 0.1) is 5.71 Å². The van der Waals surface area contributed by atoms with Crippen LogP contribution in [0.4, 0.5) is 0 Å².